The second-order valence-corrected chi connectivity index (χ2v) is 7.65. The van der Waals surface area contributed by atoms with Crippen LogP contribution in [0.5, 0.6) is 0 Å². The van der Waals surface area contributed by atoms with Crippen LogP contribution in [0.25, 0.3) is 10.8 Å². The van der Waals surface area contributed by atoms with Gasteiger partial charge in [0, 0.05) is 13.9 Å². The van der Waals surface area contributed by atoms with Crippen LogP contribution in [0, 0.1) is 6.92 Å². The van der Waals surface area contributed by atoms with Crippen LogP contribution >= 0.6 is 11.8 Å². The third-order valence-corrected chi connectivity index (χ3v) is 4.95. The lowest BCUT2D eigenvalue weighted by Crippen LogP contribution is -2.03. The summed E-state index contributed by atoms with van der Waals surface area (Å²) in [5.41, 5.74) is 3.24. The highest BCUT2D eigenvalue weighted by Crippen LogP contribution is 2.16. The van der Waals surface area contributed by atoms with Crippen molar-refractivity contribution in [3.05, 3.63) is 83.4 Å². The fraction of sp³-hybridized carbons (Fsp3) is 0.250. The third kappa shape index (κ3) is 7.03. The summed E-state index contributed by atoms with van der Waals surface area (Å²) in [4.78, 5) is 22.1. The molecule has 0 amide bonds. The highest BCUT2D eigenvalue weighted by atomic mass is 32.2. The largest absolute Gasteiger partial charge is 0.293 e. The van der Waals surface area contributed by atoms with Crippen molar-refractivity contribution in [3.63, 3.8) is 0 Å². The van der Waals surface area contributed by atoms with Crippen LogP contribution in [0.15, 0.2) is 66.7 Å². The summed E-state index contributed by atoms with van der Waals surface area (Å²) in [5.74, 6) is 0.239. The Hall–Kier alpha value is -2.39. The van der Waals surface area contributed by atoms with Crippen molar-refractivity contribution in [3.8, 4) is 0 Å². The summed E-state index contributed by atoms with van der Waals surface area (Å²) in [6, 6.07) is 22.6. The van der Waals surface area contributed by atoms with Gasteiger partial charge in [0.25, 0.3) is 0 Å². The topological polar surface area (TPSA) is 34.1 Å². The molecule has 3 rings (SSSR count). The number of benzene rings is 3. The van der Waals surface area contributed by atoms with Crippen molar-refractivity contribution in [1.29, 1.82) is 0 Å². The van der Waals surface area contributed by atoms with E-state index in [-0.39, 0.29) is 18.1 Å². The van der Waals surface area contributed by atoms with Gasteiger partial charge in [-0.05, 0) is 29.7 Å². The van der Waals surface area contributed by atoms with E-state index in [0.29, 0.717) is 5.56 Å². The molecule has 3 aromatic carbocycles. The van der Waals surface area contributed by atoms with Crippen LogP contribution in [0.4, 0.5) is 0 Å². The number of thioether (sulfide) groups is 1. The molecule has 2 nitrogen and oxygen atoms in total. The van der Waals surface area contributed by atoms with Gasteiger partial charge in [-0.3, -0.25) is 9.59 Å². The molecule has 0 heterocycles. The van der Waals surface area contributed by atoms with E-state index >= 15 is 0 Å². The van der Waals surface area contributed by atoms with Gasteiger partial charge in [-0.2, -0.15) is 0 Å². The second kappa shape index (κ2) is 10.7. The zero-order chi connectivity index (χ0) is 19.6. The molecule has 0 bridgehead atoms. The van der Waals surface area contributed by atoms with Crippen molar-refractivity contribution in [2.45, 2.75) is 33.6 Å². The highest BCUT2D eigenvalue weighted by molar-refractivity contribution is 8.14. The molecule has 27 heavy (non-hydrogen) atoms. The standard InChI is InChI=1S/C13H14.C11H12O2S.H2/c1-2-5-11-8-9-12-6-3-4-7-13(12)10-11;1-8-3-5-10(6-4-8)11(13)7-14-9(2)12;/h3-4,6-10H,2,5H2,1H3;3-6H,7H2,1-2H3;1H. The molecule has 0 atom stereocenters. The molecule has 0 radical (unpaired) electrons. The molecular formula is C24H28O2S. The van der Waals surface area contributed by atoms with E-state index in [0.717, 1.165) is 17.3 Å². The number of fused-ring (bicyclic) bond motifs is 1. The van der Waals surface area contributed by atoms with Crippen molar-refractivity contribution in [1.82, 2.24) is 0 Å². The van der Waals surface area contributed by atoms with Crippen LogP contribution in [0.1, 0.15) is 43.2 Å². The molecule has 3 heteroatoms. The minimum Gasteiger partial charge on any atom is -0.293 e. The van der Waals surface area contributed by atoms with Crippen LogP contribution in [0.3, 0.4) is 0 Å². The molecule has 0 N–H and O–H groups in total. The first-order valence-corrected chi connectivity index (χ1v) is 10.2. The zero-order valence-electron chi connectivity index (χ0n) is 16.2. The summed E-state index contributed by atoms with van der Waals surface area (Å²) in [6.45, 7) is 5.65. The number of ketones is 1. The van der Waals surface area contributed by atoms with Crippen LogP contribution in [-0.4, -0.2) is 16.7 Å². The number of carbonyl (C=O) groups excluding carboxylic acids is 2. The summed E-state index contributed by atoms with van der Waals surface area (Å²) >= 11 is 1.05. The van der Waals surface area contributed by atoms with Crippen molar-refractivity contribution >= 4 is 33.4 Å². The molecule has 0 aliphatic carbocycles. The Bertz CT molecular complexity index is 904. The van der Waals surface area contributed by atoms with Gasteiger partial charge >= 0.3 is 0 Å². The summed E-state index contributed by atoms with van der Waals surface area (Å²) in [7, 11) is 0. The number of aryl methyl sites for hydroxylation is 2. The van der Waals surface area contributed by atoms with E-state index in [2.05, 4.69) is 49.4 Å². The number of Topliss-reactive ketones (excluding diaryl/α,β-unsaturated/α-hetero) is 1. The molecule has 0 aliphatic rings. The van der Waals surface area contributed by atoms with Gasteiger partial charge in [-0.15, -0.1) is 0 Å². The maximum absolute atomic E-state index is 11.5. The van der Waals surface area contributed by atoms with Crippen molar-refractivity contribution < 1.29 is 11.0 Å². The van der Waals surface area contributed by atoms with E-state index in [9.17, 15) is 9.59 Å². The number of hydrogen-bond donors (Lipinski definition) is 0. The molecule has 0 spiro atoms. The normalized spacial score (nSPS) is 10.2. The Morgan fingerprint density at radius 3 is 2.22 bits per heavy atom. The third-order valence-electron chi connectivity index (χ3n) is 4.13. The summed E-state index contributed by atoms with van der Waals surface area (Å²) < 4.78 is 0. The molecule has 0 aliphatic heterocycles. The summed E-state index contributed by atoms with van der Waals surface area (Å²) in [5, 5.41) is 2.67. The molecule has 142 valence electrons. The quantitative estimate of drug-likeness (QED) is 0.474. The van der Waals surface area contributed by atoms with Gasteiger partial charge in [0.05, 0.1) is 5.75 Å². The highest BCUT2D eigenvalue weighted by Gasteiger charge is 2.06. The first-order valence-electron chi connectivity index (χ1n) is 9.20. The van der Waals surface area contributed by atoms with E-state index in [1.807, 2.05) is 19.1 Å². The Morgan fingerprint density at radius 1 is 0.926 bits per heavy atom. The number of carbonyl (C=O) groups is 2. The molecule has 0 unspecified atom stereocenters. The zero-order valence-corrected chi connectivity index (χ0v) is 17.0. The summed E-state index contributed by atoms with van der Waals surface area (Å²) in [6.07, 6.45) is 2.41. The number of hydrogen-bond acceptors (Lipinski definition) is 3. The molecule has 0 saturated carbocycles. The minimum absolute atomic E-state index is 0. The predicted octanol–water partition coefficient (Wildman–Crippen LogP) is 6.50. The lowest BCUT2D eigenvalue weighted by molar-refractivity contribution is -0.109. The smallest absolute Gasteiger partial charge is 0.186 e. The molecular weight excluding hydrogens is 352 g/mol. The lowest BCUT2D eigenvalue weighted by atomic mass is 10.0. The molecule has 0 aromatic heterocycles. The van der Waals surface area contributed by atoms with Gasteiger partial charge in [0.1, 0.15) is 0 Å². The van der Waals surface area contributed by atoms with Gasteiger partial charge in [0.2, 0.25) is 0 Å². The monoisotopic (exact) mass is 380 g/mol. The number of rotatable bonds is 5. The predicted molar refractivity (Wildman–Crippen MR) is 119 cm³/mol. The van der Waals surface area contributed by atoms with E-state index < -0.39 is 0 Å². The SMILES string of the molecule is CC(=O)SCC(=O)c1ccc(C)cc1.CCCc1ccc2ccccc2c1.[HH]. The van der Waals surface area contributed by atoms with Gasteiger partial charge in [-0.1, -0.05) is 97.4 Å². The molecule has 0 fully saturated rings. The Kier molecular flexibility index (Phi) is 8.28. The Morgan fingerprint density at radius 2 is 1.59 bits per heavy atom. The first kappa shape index (κ1) is 20.9. The fourth-order valence-electron chi connectivity index (χ4n) is 2.67. The van der Waals surface area contributed by atoms with Gasteiger partial charge < -0.3 is 0 Å². The van der Waals surface area contributed by atoms with E-state index in [1.54, 1.807) is 12.1 Å². The maximum atomic E-state index is 11.5. The average Bonchev–Trinajstić information content (AvgIpc) is 2.67. The second-order valence-electron chi connectivity index (χ2n) is 6.50. The maximum Gasteiger partial charge on any atom is 0.186 e. The molecule has 0 saturated heterocycles. The average molecular weight is 381 g/mol. The van der Waals surface area contributed by atoms with Crippen LogP contribution in [0.2, 0.25) is 0 Å². The van der Waals surface area contributed by atoms with Gasteiger partial charge in [0.15, 0.2) is 10.9 Å². The van der Waals surface area contributed by atoms with Crippen molar-refractivity contribution in [2.75, 3.05) is 5.75 Å². The van der Waals surface area contributed by atoms with Crippen LogP contribution in [-0.2, 0) is 11.2 Å². The van der Waals surface area contributed by atoms with Crippen LogP contribution < -0.4 is 0 Å². The first-order chi connectivity index (χ1) is 13.0. The fourth-order valence-corrected chi connectivity index (χ4v) is 3.17. The molecule has 3 aromatic rings. The Labute approximate surface area is 167 Å². The van der Waals surface area contributed by atoms with Gasteiger partial charge in [-0.25, -0.2) is 0 Å². The van der Waals surface area contributed by atoms with Crippen molar-refractivity contribution in [2.24, 2.45) is 0 Å². The lowest BCUT2D eigenvalue weighted by Gasteiger charge is -2.01. The Balaban J connectivity index is 0.000000271. The van der Waals surface area contributed by atoms with E-state index in [1.165, 1.54) is 36.1 Å². The minimum atomic E-state index is -0.0227. The van der Waals surface area contributed by atoms with E-state index in [4.69, 9.17) is 0 Å².